The third-order valence-electron chi connectivity index (χ3n) is 1.17. The maximum Gasteiger partial charge on any atom is 0.137 e. The van der Waals surface area contributed by atoms with Gasteiger partial charge in [-0.1, -0.05) is 5.46 Å². The van der Waals surface area contributed by atoms with Gasteiger partial charge in [0.2, 0.25) is 0 Å². The molecular formula is C6H6BFN2. The topological polar surface area (TPSA) is 38.9 Å². The van der Waals surface area contributed by atoms with Crippen molar-refractivity contribution in [1.82, 2.24) is 4.98 Å². The van der Waals surface area contributed by atoms with E-state index in [1.165, 1.54) is 13.0 Å². The Kier molecular flexibility index (Phi) is 1.61. The summed E-state index contributed by atoms with van der Waals surface area (Å²) in [6, 6.07) is 1.29. The van der Waals surface area contributed by atoms with Crippen molar-refractivity contribution in [2.24, 2.45) is 0 Å². The van der Waals surface area contributed by atoms with Gasteiger partial charge in [0.25, 0.3) is 0 Å². The molecule has 1 heterocycles. The van der Waals surface area contributed by atoms with E-state index in [1.54, 1.807) is 0 Å². The molecule has 10 heavy (non-hydrogen) atoms. The Morgan fingerprint density at radius 1 is 1.70 bits per heavy atom. The number of aryl methyl sites for hydroxylation is 1. The van der Waals surface area contributed by atoms with E-state index in [1.807, 2.05) is 0 Å². The number of anilines is 1. The standard InChI is InChI=1S/C6H6BFN2/c1-3-6(8)4(7)2-5(9)10-3/h2H,1H3,(H2,9,10). The van der Waals surface area contributed by atoms with Gasteiger partial charge in [-0.3, -0.25) is 0 Å². The van der Waals surface area contributed by atoms with Crippen molar-refractivity contribution in [2.75, 3.05) is 5.73 Å². The van der Waals surface area contributed by atoms with Crippen LogP contribution in [0.1, 0.15) is 5.69 Å². The molecular weight excluding hydrogens is 130 g/mol. The first-order valence-electron chi connectivity index (χ1n) is 2.79. The van der Waals surface area contributed by atoms with E-state index in [0.717, 1.165) is 0 Å². The van der Waals surface area contributed by atoms with Crippen LogP contribution in [0.15, 0.2) is 6.07 Å². The molecule has 1 aromatic rings. The number of hydrogen-bond acceptors (Lipinski definition) is 2. The van der Waals surface area contributed by atoms with Crippen LogP contribution in [0.2, 0.25) is 0 Å². The summed E-state index contributed by atoms with van der Waals surface area (Å²) in [6.07, 6.45) is 0. The van der Waals surface area contributed by atoms with Crippen LogP contribution >= 0.6 is 0 Å². The van der Waals surface area contributed by atoms with E-state index in [0.29, 0.717) is 0 Å². The molecule has 0 atom stereocenters. The first-order valence-corrected chi connectivity index (χ1v) is 2.79. The van der Waals surface area contributed by atoms with E-state index in [-0.39, 0.29) is 17.0 Å². The molecule has 0 spiro atoms. The van der Waals surface area contributed by atoms with Gasteiger partial charge in [0.1, 0.15) is 19.5 Å². The summed E-state index contributed by atoms with van der Waals surface area (Å²) in [5.74, 6) is -0.245. The normalized spacial score (nSPS) is 9.80. The highest BCUT2D eigenvalue weighted by Crippen LogP contribution is 2.01. The fourth-order valence-corrected chi connectivity index (χ4v) is 0.707. The van der Waals surface area contributed by atoms with Gasteiger partial charge in [-0.05, 0) is 13.0 Å². The fraction of sp³-hybridized carbons (Fsp3) is 0.167. The molecule has 0 fully saturated rings. The third kappa shape index (κ3) is 1.10. The lowest BCUT2D eigenvalue weighted by Crippen LogP contribution is -2.13. The molecule has 4 heteroatoms. The zero-order valence-corrected chi connectivity index (χ0v) is 5.56. The van der Waals surface area contributed by atoms with Crippen molar-refractivity contribution in [2.45, 2.75) is 6.92 Å². The van der Waals surface area contributed by atoms with Gasteiger partial charge in [-0.15, -0.1) is 0 Å². The largest absolute Gasteiger partial charge is 0.384 e. The molecule has 2 N–H and O–H groups in total. The maximum atomic E-state index is 12.7. The fourth-order valence-electron chi connectivity index (χ4n) is 0.707. The summed E-state index contributed by atoms with van der Waals surface area (Å²) in [5, 5.41) is 0. The quantitative estimate of drug-likeness (QED) is 0.506. The molecule has 1 rings (SSSR count). The first-order chi connectivity index (χ1) is 4.61. The molecule has 0 aliphatic rings. The monoisotopic (exact) mass is 136 g/mol. The number of hydrogen-bond donors (Lipinski definition) is 1. The molecule has 0 aliphatic carbocycles. The zero-order valence-electron chi connectivity index (χ0n) is 5.56. The Hall–Kier alpha value is -1.06. The second kappa shape index (κ2) is 2.29. The summed E-state index contributed by atoms with van der Waals surface area (Å²) in [6.45, 7) is 1.52. The number of nitrogens with zero attached hydrogens (tertiary/aromatic N) is 1. The van der Waals surface area contributed by atoms with Crippen LogP contribution in [-0.4, -0.2) is 12.8 Å². The average molecular weight is 136 g/mol. The lowest BCUT2D eigenvalue weighted by Gasteiger charge is -2.00. The Balaban J connectivity index is 3.31. The molecule has 0 amide bonds. The van der Waals surface area contributed by atoms with Crippen LogP contribution in [0.3, 0.4) is 0 Å². The van der Waals surface area contributed by atoms with Crippen molar-refractivity contribution in [1.29, 1.82) is 0 Å². The molecule has 0 saturated carbocycles. The number of nitrogens with two attached hydrogens (primary N) is 1. The molecule has 50 valence electrons. The number of pyridine rings is 1. The van der Waals surface area contributed by atoms with E-state index in [4.69, 9.17) is 13.6 Å². The highest BCUT2D eigenvalue weighted by molar-refractivity contribution is 6.32. The van der Waals surface area contributed by atoms with E-state index >= 15 is 0 Å². The predicted octanol–water partition coefficient (Wildman–Crippen LogP) is -0.0949. The van der Waals surface area contributed by atoms with Crippen molar-refractivity contribution < 1.29 is 4.39 Å². The van der Waals surface area contributed by atoms with Crippen molar-refractivity contribution in [3.63, 3.8) is 0 Å². The molecule has 2 nitrogen and oxygen atoms in total. The van der Waals surface area contributed by atoms with Crippen molar-refractivity contribution in [3.8, 4) is 0 Å². The number of nitrogen functional groups attached to an aromatic ring is 1. The van der Waals surface area contributed by atoms with E-state index in [2.05, 4.69) is 4.98 Å². The molecule has 1 aromatic heterocycles. The molecule has 0 aromatic carbocycles. The van der Waals surface area contributed by atoms with Gasteiger partial charge in [-0.25, -0.2) is 9.37 Å². The molecule has 0 aliphatic heterocycles. The zero-order chi connectivity index (χ0) is 7.72. The van der Waals surface area contributed by atoms with Crippen LogP contribution in [0.5, 0.6) is 0 Å². The Morgan fingerprint density at radius 2 is 2.30 bits per heavy atom. The summed E-state index contributed by atoms with van der Waals surface area (Å²) in [7, 11) is 5.23. The number of halogens is 1. The second-order valence-electron chi connectivity index (χ2n) is 2.04. The third-order valence-corrected chi connectivity index (χ3v) is 1.17. The van der Waals surface area contributed by atoms with Crippen LogP contribution in [0.4, 0.5) is 10.2 Å². The summed E-state index contributed by atoms with van der Waals surface area (Å²) in [5.41, 5.74) is 5.55. The Bertz CT molecular complexity index is 239. The van der Waals surface area contributed by atoms with E-state index in [9.17, 15) is 4.39 Å². The molecule has 2 radical (unpaired) electrons. The van der Waals surface area contributed by atoms with Gasteiger partial charge >= 0.3 is 0 Å². The minimum atomic E-state index is -0.491. The SMILES string of the molecule is [B]c1cc(N)nc(C)c1F. The van der Waals surface area contributed by atoms with Crippen molar-refractivity contribution in [3.05, 3.63) is 17.6 Å². The van der Waals surface area contributed by atoms with Gasteiger partial charge in [-0.2, -0.15) is 0 Å². The number of aromatic nitrogens is 1. The van der Waals surface area contributed by atoms with Crippen LogP contribution in [0.25, 0.3) is 0 Å². The van der Waals surface area contributed by atoms with Gasteiger partial charge < -0.3 is 5.73 Å². The molecule has 0 bridgehead atoms. The van der Waals surface area contributed by atoms with Crippen LogP contribution in [0, 0.1) is 12.7 Å². The van der Waals surface area contributed by atoms with Gasteiger partial charge in [0.15, 0.2) is 0 Å². The lowest BCUT2D eigenvalue weighted by molar-refractivity contribution is 0.619. The summed E-state index contributed by atoms with van der Waals surface area (Å²) in [4.78, 5) is 3.66. The minimum absolute atomic E-state index is 0.0463. The van der Waals surface area contributed by atoms with Gasteiger partial charge in [0, 0.05) is 0 Å². The number of rotatable bonds is 0. The maximum absolute atomic E-state index is 12.7. The minimum Gasteiger partial charge on any atom is -0.384 e. The second-order valence-corrected chi connectivity index (χ2v) is 2.04. The average Bonchev–Trinajstić information content (AvgIpc) is 1.82. The summed E-state index contributed by atoms with van der Waals surface area (Å²) >= 11 is 0. The predicted molar refractivity (Wildman–Crippen MR) is 38.7 cm³/mol. The van der Waals surface area contributed by atoms with Crippen LogP contribution in [-0.2, 0) is 0 Å². The first kappa shape index (κ1) is 7.06. The molecule has 0 saturated heterocycles. The van der Waals surface area contributed by atoms with Crippen molar-refractivity contribution >= 4 is 19.1 Å². The van der Waals surface area contributed by atoms with E-state index < -0.39 is 5.82 Å². The smallest absolute Gasteiger partial charge is 0.137 e. The van der Waals surface area contributed by atoms with Crippen LogP contribution < -0.4 is 11.2 Å². The molecule has 0 unspecified atom stereocenters. The summed E-state index contributed by atoms with van der Waals surface area (Å²) < 4.78 is 12.7. The highest BCUT2D eigenvalue weighted by Gasteiger charge is 2.01. The van der Waals surface area contributed by atoms with Gasteiger partial charge in [0.05, 0.1) is 5.69 Å². The Labute approximate surface area is 59.7 Å². The lowest BCUT2D eigenvalue weighted by atomic mass is 9.96. The Morgan fingerprint density at radius 3 is 2.80 bits per heavy atom. The highest BCUT2D eigenvalue weighted by atomic mass is 19.1.